The largest absolute Gasteiger partial charge is 0.497 e. The lowest BCUT2D eigenvalue weighted by Gasteiger charge is -2.35. The summed E-state index contributed by atoms with van der Waals surface area (Å²) in [7, 11) is 1.66. The van der Waals surface area contributed by atoms with Crippen LogP contribution in [0.1, 0.15) is 6.92 Å². The predicted octanol–water partition coefficient (Wildman–Crippen LogP) is 2.46. The molecule has 0 radical (unpaired) electrons. The molecule has 0 saturated carbocycles. The number of rotatable bonds is 10. The maximum absolute atomic E-state index is 12.9. The molecule has 1 aromatic heterocycles. The molecule has 0 atom stereocenters. The highest BCUT2D eigenvalue weighted by atomic mass is 16.5. The van der Waals surface area contributed by atoms with Crippen LogP contribution in [0.2, 0.25) is 0 Å². The van der Waals surface area contributed by atoms with Crippen molar-refractivity contribution >= 4 is 29.1 Å². The molecule has 1 fully saturated rings. The molecule has 37 heavy (non-hydrogen) atoms. The number of anilines is 3. The molecule has 0 aliphatic carbocycles. The van der Waals surface area contributed by atoms with E-state index in [4.69, 9.17) is 4.74 Å². The minimum atomic E-state index is -0.125. The second-order valence-electron chi connectivity index (χ2n) is 8.75. The molecule has 0 bridgehead atoms. The van der Waals surface area contributed by atoms with Gasteiger partial charge >= 0.3 is 0 Å². The molecule has 2 amide bonds. The SMILES string of the molecule is COc1ccc(N2CCN(CC(=O)Nc3cc(NCCNC(C)=O)nc(-c4ccccc4)n3)CC2)cc1. The van der Waals surface area contributed by atoms with Crippen LogP contribution in [0, 0.1) is 0 Å². The number of carbonyl (C=O) groups is 2. The Hall–Kier alpha value is -4.18. The minimum absolute atomic E-state index is 0.0905. The first-order valence-electron chi connectivity index (χ1n) is 12.3. The topological polar surface area (TPSA) is 112 Å². The average molecular weight is 504 g/mol. The Morgan fingerprint density at radius 2 is 1.62 bits per heavy atom. The van der Waals surface area contributed by atoms with Crippen LogP contribution in [-0.4, -0.2) is 79.6 Å². The summed E-state index contributed by atoms with van der Waals surface area (Å²) in [5.74, 6) is 2.13. The Morgan fingerprint density at radius 1 is 0.919 bits per heavy atom. The lowest BCUT2D eigenvalue weighted by Crippen LogP contribution is -2.48. The monoisotopic (exact) mass is 503 g/mol. The van der Waals surface area contributed by atoms with Gasteiger partial charge in [0, 0.05) is 63.5 Å². The van der Waals surface area contributed by atoms with Gasteiger partial charge in [-0.3, -0.25) is 14.5 Å². The molecule has 1 aliphatic heterocycles. The fraction of sp³-hybridized carbons (Fsp3) is 0.333. The molecule has 2 aromatic carbocycles. The van der Waals surface area contributed by atoms with Crippen LogP contribution in [-0.2, 0) is 9.59 Å². The van der Waals surface area contributed by atoms with E-state index in [1.165, 1.54) is 6.92 Å². The normalized spacial score (nSPS) is 13.6. The summed E-state index contributed by atoms with van der Waals surface area (Å²) in [4.78, 5) is 37.6. The smallest absolute Gasteiger partial charge is 0.239 e. The molecule has 1 aliphatic rings. The van der Waals surface area contributed by atoms with E-state index >= 15 is 0 Å². The number of aromatic nitrogens is 2. The Balaban J connectivity index is 1.35. The Bertz CT molecular complexity index is 1180. The van der Waals surface area contributed by atoms with Crippen molar-refractivity contribution in [2.75, 3.05) is 68.5 Å². The first-order chi connectivity index (χ1) is 18.0. The summed E-state index contributed by atoms with van der Waals surface area (Å²) in [5.41, 5.74) is 2.00. The molecular weight excluding hydrogens is 470 g/mol. The molecule has 10 nitrogen and oxygen atoms in total. The lowest BCUT2D eigenvalue weighted by atomic mass is 10.2. The van der Waals surface area contributed by atoms with Gasteiger partial charge in [0.1, 0.15) is 17.4 Å². The van der Waals surface area contributed by atoms with Gasteiger partial charge < -0.3 is 25.6 Å². The molecule has 0 unspecified atom stereocenters. The van der Waals surface area contributed by atoms with Crippen molar-refractivity contribution in [3.05, 3.63) is 60.7 Å². The van der Waals surface area contributed by atoms with Crippen molar-refractivity contribution in [3.63, 3.8) is 0 Å². The highest BCUT2D eigenvalue weighted by Crippen LogP contribution is 2.22. The van der Waals surface area contributed by atoms with E-state index in [2.05, 4.69) is 47.9 Å². The van der Waals surface area contributed by atoms with Crippen LogP contribution < -0.4 is 25.6 Å². The molecule has 4 rings (SSSR count). The number of carbonyl (C=O) groups excluding carboxylic acids is 2. The second kappa shape index (κ2) is 12.7. The molecule has 3 aromatic rings. The number of methoxy groups -OCH3 is 1. The minimum Gasteiger partial charge on any atom is -0.497 e. The van der Waals surface area contributed by atoms with E-state index < -0.39 is 0 Å². The highest BCUT2D eigenvalue weighted by molar-refractivity contribution is 5.92. The molecule has 0 spiro atoms. The third kappa shape index (κ3) is 7.65. The number of nitrogens with one attached hydrogen (secondary N) is 3. The molecule has 2 heterocycles. The van der Waals surface area contributed by atoms with Crippen molar-refractivity contribution in [1.82, 2.24) is 20.2 Å². The summed E-state index contributed by atoms with van der Waals surface area (Å²) < 4.78 is 5.24. The zero-order valence-electron chi connectivity index (χ0n) is 21.2. The van der Waals surface area contributed by atoms with E-state index in [1.54, 1.807) is 13.2 Å². The number of hydrogen-bond donors (Lipinski definition) is 3. The van der Waals surface area contributed by atoms with Crippen LogP contribution in [0.3, 0.4) is 0 Å². The van der Waals surface area contributed by atoms with Crippen LogP contribution in [0.5, 0.6) is 5.75 Å². The third-order valence-corrected chi connectivity index (χ3v) is 6.01. The van der Waals surface area contributed by atoms with Gasteiger partial charge in [-0.1, -0.05) is 30.3 Å². The highest BCUT2D eigenvalue weighted by Gasteiger charge is 2.20. The Morgan fingerprint density at radius 3 is 2.30 bits per heavy atom. The van der Waals surface area contributed by atoms with Gasteiger partial charge in [0.2, 0.25) is 11.8 Å². The Labute approximate surface area is 217 Å². The van der Waals surface area contributed by atoms with Crippen LogP contribution >= 0.6 is 0 Å². The van der Waals surface area contributed by atoms with Crippen molar-refractivity contribution in [3.8, 4) is 17.1 Å². The average Bonchev–Trinajstić information content (AvgIpc) is 2.92. The molecule has 10 heteroatoms. The molecule has 194 valence electrons. The van der Waals surface area contributed by atoms with Crippen molar-refractivity contribution < 1.29 is 14.3 Å². The number of piperazine rings is 1. The second-order valence-corrected chi connectivity index (χ2v) is 8.75. The zero-order chi connectivity index (χ0) is 26.0. The summed E-state index contributed by atoms with van der Waals surface area (Å²) in [6, 6.07) is 19.3. The van der Waals surface area contributed by atoms with Crippen LogP contribution in [0.25, 0.3) is 11.4 Å². The lowest BCUT2D eigenvalue weighted by molar-refractivity contribution is -0.119. The molecule has 1 saturated heterocycles. The summed E-state index contributed by atoms with van der Waals surface area (Å²) in [5, 5.41) is 8.87. The number of hydrogen-bond acceptors (Lipinski definition) is 8. The standard InChI is InChI=1S/C27H33N7O3/c1-20(35)28-12-13-29-24-18-25(32-27(31-24)21-6-4-3-5-7-21)30-26(36)19-33-14-16-34(17-15-33)22-8-10-23(37-2)11-9-22/h3-11,18H,12-17,19H2,1-2H3,(H,28,35)(H2,29,30,31,32,36). The molecule has 3 N–H and O–H groups in total. The van der Waals surface area contributed by atoms with E-state index in [0.717, 1.165) is 43.2 Å². The number of ether oxygens (including phenoxy) is 1. The van der Waals surface area contributed by atoms with Crippen molar-refractivity contribution in [2.45, 2.75) is 6.92 Å². The maximum atomic E-state index is 12.9. The van der Waals surface area contributed by atoms with Crippen molar-refractivity contribution in [1.29, 1.82) is 0 Å². The maximum Gasteiger partial charge on any atom is 0.239 e. The fourth-order valence-corrected chi connectivity index (χ4v) is 4.09. The fourth-order valence-electron chi connectivity index (χ4n) is 4.09. The van der Waals surface area contributed by atoms with E-state index in [0.29, 0.717) is 30.5 Å². The van der Waals surface area contributed by atoms with Crippen LogP contribution in [0.4, 0.5) is 17.3 Å². The summed E-state index contributed by atoms with van der Waals surface area (Å²) in [6.45, 7) is 5.97. The van der Waals surface area contributed by atoms with E-state index in [-0.39, 0.29) is 18.4 Å². The Kier molecular flexibility index (Phi) is 8.88. The van der Waals surface area contributed by atoms with Gasteiger partial charge in [-0.05, 0) is 24.3 Å². The van der Waals surface area contributed by atoms with Gasteiger partial charge in [-0.25, -0.2) is 9.97 Å². The first kappa shape index (κ1) is 25.9. The quantitative estimate of drug-likeness (QED) is 0.362. The van der Waals surface area contributed by atoms with Gasteiger partial charge in [0.15, 0.2) is 5.82 Å². The van der Waals surface area contributed by atoms with Gasteiger partial charge in [-0.15, -0.1) is 0 Å². The molecular formula is C27H33N7O3. The van der Waals surface area contributed by atoms with Gasteiger partial charge in [-0.2, -0.15) is 0 Å². The number of benzene rings is 2. The first-order valence-corrected chi connectivity index (χ1v) is 12.3. The van der Waals surface area contributed by atoms with Gasteiger partial charge in [0.25, 0.3) is 0 Å². The predicted molar refractivity (Wildman–Crippen MR) is 145 cm³/mol. The summed E-state index contributed by atoms with van der Waals surface area (Å²) >= 11 is 0. The van der Waals surface area contributed by atoms with Crippen molar-refractivity contribution in [2.24, 2.45) is 0 Å². The van der Waals surface area contributed by atoms with Gasteiger partial charge in [0.05, 0.1) is 13.7 Å². The zero-order valence-corrected chi connectivity index (χ0v) is 21.2. The number of amides is 2. The number of nitrogens with zero attached hydrogens (tertiary/aromatic N) is 4. The van der Waals surface area contributed by atoms with Crippen LogP contribution in [0.15, 0.2) is 60.7 Å². The summed E-state index contributed by atoms with van der Waals surface area (Å²) in [6.07, 6.45) is 0. The third-order valence-electron chi connectivity index (χ3n) is 6.01. The van der Waals surface area contributed by atoms with E-state index in [9.17, 15) is 9.59 Å². The van der Waals surface area contributed by atoms with E-state index in [1.807, 2.05) is 42.5 Å².